The molecule has 9 nitrogen and oxygen atoms in total. The van der Waals surface area contributed by atoms with Crippen molar-refractivity contribution < 1.29 is 13.2 Å². The van der Waals surface area contributed by atoms with Gasteiger partial charge >= 0.3 is 0 Å². The van der Waals surface area contributed by atoms with Crippen molar-refractivity contribution in [1.29, 1.82) is 5.26 Å². The molecule has 152 valence electrons. The number of hydrogen-bond acceptors (Lipinski definition) is 7. The summed E-state index contributed by atoms with van der Waals surface area (Å²) in [6, 6.07) is 12.2. The molecule has 29 heavy (non-hydrogen) atoms. The highest BCUT2D eigenvalue weighted by Crippen LogP contribution is 2.15. The Hall–Kier alpha value is -3.19. The van der Waals surface area contributed by atoms with Crippen LogP contribution in [0, 0.1) is 11.3 Å². The van der Waals surface area contributed by atoms with Crippen LogP contribution in [0.4, 0.5) is 11.5 Å². The van der Waals surface area contributed by atoms with Gasteiger partial charge in [-0.05, 0) is 36.8 Å². The number of carbonyl (C=O) groups is 1. The van der Waals surface area contributed by atoms with E-state index in [1.807, 2.05) is 11.0 Å². The van der Waals surface area contributed by atoms with E-state index in [1.165, 1.54) is 0 Å². The van der Waals surface area contributed by atoms with Crippen LogP contribution in [0.5, 0.6) is 0 Å². The number of hydrogen-bond donors (Lipinski definition) is 1. The smallest absolute Gasteiger partial charge is 0.232 e. The molecule has 1 aliphatic heterocycles. The highest BCUT2D eigenvalue weighted by molar-refractivity contribution is 7.92. The van der Waals surface area contributed by atoms with E-state index in [0.29, 0.717) is 37.7 Å². The number of sulfonamides is 1. The van der Waals surface area contributed by atoms with E-state index in [0.717, 1.165) is 5.56 Å². The standard InChI is InChI=1S/C19H22N6O3S/c1-2-29(27,28)23-16-5-3-15(4-6-16)13-19(26)25-11-9-24(10-12-25)18-8-7-17(14-20)21-22-18/h3-8,23H,2,9-13H2,1H3. The number of amides is 1. The third-order valence-electron chi connectivity index (χ3n) is 4.68. The Balaban J connectivity index is 1.52. The first-order valence-electron chi connectivity index (χ1n) is 9.26. The maximum atomic E-state index is 12.6. The lowest BCUT2D eigenvalue weighted by Crippen LogP contribution is -2.49. The van der Waals surface area contributed by atoms with Gasteiger partial charge in [-0.2, -0.15) is 5.26 Å². The van der Waals surface area contributed by atoms with E-state index in [1.54, 1.807) is 48.2 Å². The minimum Gasteiger partial charge on any atom is -0.352 e. The topological polar surface area (TPSA) is 119 Å². The van der Waals surface area contributed by atoms with E-state index in [2.05, 4.69) is 14.9 Å². The number of rotatable bonds is 6. The summed E-state index contributed by atoms with van der Waals surface area (Å²) in [4.78, 5) is 16.4. The van der Waals surface area contributed by atoms with Gasteiger partial charge in [0.25, 0.3) is 0 Å². The van der Waals surface area contributed by atoms with E-state index in [4.69, 9.17) is 5.26 Å². The zero-order valence-corrected chi connectivity index (χ0v) is 16.9. The summed E-state index contributed by atoms with van der Waals surface area (Å²) in [6.45, 7) is 4.01. The second-order valence-corrected chi connectivity index (χ2v) is 8.65. The molecule has 2 aromatic rings. The molecule has 1 saturated heterocycles. The lowest BCUT2D eigenvalue weighted by atomic mass is 10.1. The first kappa shape index (κ1) is 20.5. The average Bonchev–Trinajstić information content (AvgIpc) is 2.75. The average molecular weight is 414 g/mol. The quantitative estimate of drug-likeness (QED) is 0.749. The zero-order valence-electron chi connectivity index (χ0n) is 16.1. The molecule has 0 saturated carbocycles. The van der Waals surface area contributed by atoms with E-state index in [-0.39, 0.29) is 23.8 Å². The molecule has 0 bridgehead atoms. The van der Waals surface area contributed by atoms with Gasteiger partial charge in [-0.3, -0.25) is 9.52 Å². The second kappa shape index (κ2) is 8.87. The maximum absolute atomic E-state index is 12.6. The summed E-state index contributed by atoms with van der Waals surface area (Å²) < 4.78 is 25.7. The molecule has 1 fully saturated rings. The van der Waals surface area contributed by atoms with Gasteiger partial charge in [0.15, 0.2) is 11.5 Å². The van der Waals surface area contributed by atoms with Crippen LogP contribution in [0.1, 0.15) is 18.2 Å². The molecular weight excluding hydrogens is 392 g/mol. The van der Waals surface area contributed by atoms with Crippen molar-refractivity contribution >= 4 is 27.4 Å². The number of carbonyl (C=O) groups excluding carboxylic acids is 1. The van der Waals surface area contributed by atoms with Gasteiger partial charge in [-0.25, -0.2) is 8.42 Å². The predicted molar refractivity (Wildman–Crippen MR) is 109 cm³/mol. The molecule has 1 aromatic heterocycles. The normalized spacial score (nSPS) is 14.3. The van der Waals surface area contributed by atoms with Crippen LogP contribution < -0.4 is 9.62 Å². The van der Waals surface area contributed by atoms with Crippen LogP contribution in [0.3, 0.4) is 0 Å². The first-order chi connectivity index (χ1) is 13.9. The monoisotopic (exact) mass is 414 g/mol. The van der Waals surface area contributed by atoms with Crippen LogP contribution in [0.15, 0.2) is 36.4 Å². The lowest BCUT2D eigenvalue weighted by Gasteiger charge is -2.35. The second-order valence-electron chi connectivity index (χ2n) is 6.64. The lowest BCUT2D eigenvalue weighted by molar-refractivity contribution is -0.130. The summed E-state index contributed by atoms with van der Waals surface area (Å²) in [6.07, 6.45) is 0.261. The Kier molecular flexibility index (Phi) is 6.29. The van der Waals surface area contributed by atoms with Gasteiger partial charge in [-0.15, -0.1) is 10.2 Å². The van der Waals surface area contributed by atoms with Crippen molar-refractivity contribution in [3.05, 3.63) is 47.7 Å². The van der Waals surface area contributed by atoms with E-state index >= 15 is 0 Å². The van der Waals surface area contributed by atoms with E-state index in [9.17, 15) is 13.2 Å². The fourth-order valence-corrected chi connectivity index (χ4v) is 3.61. The van der Waals surface area contributed by atoms with Crippen molar-refractivity contribution in [1.82, 2.24) is 15.1 Å². The number of nitriles is 1. The van der Waals surface area contributed by atoms with Gasteiger partial charge in [-0.1, -0.05) is 12.1 Å². The number of nitrogens with one attached hydrogen (secondary N) is 1. The molecule has 1 aliphatic rings. The van der Waals surface area contributed by atoms with Crippen molar-refractivity contribution in [2.45, 2.75) is 13.3 Å². The van der Waals surface area contributed by atoms with Crippen molar-refractivity contribution in [2.24, 2.45) is 0 Å². The molecule has 1 aromatic carbocycles. The minimum absolute atomic E-state index is 0.00721. The van der Waals surface area contributed by atoms with Crippen molar-refractivity contribution in [2.75, 3.05) is 41.6 Å². The number of aromatic nitrogens is 2. The van der Waals surface area contributed by atoms with Gasteiger partial charge in [0.1, 0.15) is 6.07 Å². The highest BCUT2D eigenvalue weighted by Gasteiger charge is 2.22. The summed E-state index contributed by atoms with van der Waals surface area (Å²) in [5, 5.41) is 16.7. The molecule has 0 atom stereocenters. The van der Waals surface area contributed by atoms with Crippen molar-refractivity contribution in [3.8, 4) is 6.07 Å². The van der Waals surface area contributed by atoms with Crippen LogP contribution in [-0.4, -0.2) is 61.4 Å². The highest BCUT2D eigenvalue weighted by atomic mass is 32.2. The zero-order chi connectivity index (χ0) is 20.9. The molecule has 10 heteroatoms. The third-order valence-corrected chi connectivity index (χ3v) is 5.99. The minimum atomic E-state index is -3.31. The molecule has 1 N–H and O–H groups in total. The maximum Gasteiger partial charge on any atom is 0.232 e. The predicted octanol–water partition coefficient (Wildman–Crippen LogP) is 1.00. The Morgan fingerprint density at radius 2 is 1.79 bits per heavy atom. The Morgan fingerprint density at radius 1 is 1.10 bits per heavy atom. The fourth-order valence-electron chi connectivity index (χ4n) is 2.97. The molecule has 1 amide bonds. The number of anilines is 2. The molecule has 0 radical (unpaired) electrons. The third kappa shape index (κ3) is 5.42. The van der Waals surface area contributed by atoms with Gasteiger partial charge < -0.3 is 9.80 Å². The summed E-state index contributed by atoms with van der Waals surface area (Å²) in [5.41, 5.74) is 1.59. The number of piperazine rings is 1. The fraction of sp³-hybridized carbons (Fsp3) is 0.368. The molecular formula is C19H22N6O3S. The molecule has 2 heterocycles. The van der Waals surface area contributed by atoms with Crippen LogP contribution >= 0.6 is 0 Å². The van der Waals surface area contributed by atoms with Gasteiger partial charge in [0, 0.05) is 31.9 Å². The van der Waals surface area contributed by atoms with Crippen LogP contribution in [-0.2, 0) is 21.2 Å². The SMILES string of the molecule is CCS(=O)(=O)Nc1ccc(CC(=O)N2CCN(c3ccc(C#N)nn3)CC2)cc1. The summed E-state index contributed by atoms with van der Waals surface area (Å²) in [7, 11) is -3.31. The van der Waals surface area contributed by atoms with Crippen LogP contribution in [0.25, 0.3) is 0 Å². The first-order valence-corrected chi connectivity index (χ1v) is 10.9. The van der Waals surface area contributed by atoms with Crippen LogP contribution in [0.2, 0.25) is 0 Å². The molecule has 0 unspecified atom stereocenters. The van der Waals surface area contributed by atoms with Gasteiger partial charge in [0.2, 0.25) is 15.9 Å². The van der Waals surface area contributed by atoms with Crippen molar-refractivity contribution in [3.63, 3.8) is 0 Å². The summed E-state index contributed by atoms with van der Waals surface area (Å²) >= 11 is 0. The number of benzene rings is 1. The van der Waals surface area contributed by atoms with Gasteiger partial charge in [0.05, 0.1) is 12.2 Å². The summed E-state index contributed by atoms with van der Waals surface area (Å²) in [5.74, 6) is 0.728. The largest absolute Gasteiger partial charge is 0.352 e. The number of nitrogens with zero attached hydrogens (tertiary/aromatic N) is 5. The molecule has 0 spiro atoms. The molecule has 0 aliphatic carbocycles. The Morgan fingerprint density at radius 3 is 2.34 bits per heavy atom. The van der Waals surface area contributed by atoms with E-state index < -0.39 is 10.0 Å². The Bertz CT molecular complexity index is 992. The Labute approximate surface area is 170 Å². The molecule has 3 rings (SSSR count).